The number of esters is 1. The summed E-state index contributed by atoms with van der Waals surface area (Å²) in [6.07, 6.45) is 8.84. The summed E-state index contributed by atoms with van der Waals surface area (Å²) in [4.78, 5) is 12.0. The first-order valence-corrected chi connectivity index (χ1v) is 8.00. The second-order valence-electron chi connectivity index (χ2n) is 6.20. The Hall–Kier alpha value is -1.31. The summed E-state index contributed by atoms with van der Waals surface area (Å²) in [6.45, 7) is 2.16. The Labute approximate surface area is 121 Å². The van der Waals surface area contributed by atoms with Crippen LogP contribution in [0, 0.1) is 0 Å². The van der Waals surface area contributed by atoms with E-state index in [1.807, 2.05) is 6.07 Å². The van der Waals surface area contributed by atoms with Crippen molar-refractivity contribution in [2.45, 2.75) is 63.7 Å². The first-order valence-electron chi connectivity index (χ1n) is 8.00. The molecule has 0 radical (unpaired) electrons. The molecule has 0 aliphatic heterocycles. The molecule has 2 fully saturated rings. The van der Waals surface area contributed by atoms with Gasteiger partial charge in [-0.1, -0.05) is 25.8 Å². The van der Waals surface area contributed by atoms with Crippen LogP contribution < -0.4 is 0 Å². The van der Waals surface area contributed by atoms with Crippen LogP contribution >= 0.6 is 0 Å². The van der Waals surface area contributed by atoms with Crippen molar-refractivity contribution in [3.05, 3.63) is 34.4 Å². The van der Waals surface area contributed by atoms with Crippen molar-refractivity contribution in [2.24, 2.45) is 0 Å². The summed E-state index contributed by atoms with van der Waals surface area (Å²) >= 11 is 0. The minimum atomic E-state index is -0.178. The molecule has 0 heterocycles. The van der Waals surface area contributed by atoms with Crippen LogP contribution in [0.15, 0.2) is 12.1 Å². The highest BCUT2D eigenvalue weighted by atomic mass is 16.5. The second kappa shape index (κ2) is 5.59. The summed E-state index contributed by atoms with van der Waals surface area (Å²) in [7, 11) is 1.48. The molecule has 0 aromatic heterocycles. The van der Waals surface area contributed by atoms with Crippen molar-refractivity contribution >= 4 is 5.97 Å². The minimum absolute atomic E-state index is 0.178. The molecule has 0 amide bonds. The van der Waals surface area contributed by atoms with Gasteiger partial charge in [-0.05, 0) is 66.7 Å². The number of hydrogen-bond donors (Lipinski definition) is 0. The van der Waals surface area contributed by atoms with Crippen LogP contribution in [0.2, 0.25) is 0 Å². The van der Waals surface area contributed by atoms with Crippen molar-refractivity contribution in [3.8, 4) is 0 Å². The standard InChI is InChI=1S/C18H24O2/c1-3-14-16(18(19)20-2)11-10-15(12-6-4-7-12)17(14)13-8-5-9-13/h10-13H,3-9H2,1-2H3. The van der Waals surface area contributed by atoms with Crippen LogP contribution in [0.1, 0.15) is 84.3 Å². The van der Waals surface area contributed by atoms with E-state index in [0.29, 0.717) is 5.92 Å². The largest absolute Gasteiger partial charge is 0.465 e. The number of methoxy groups -OCH3 is 1. The SMILES string of the molecule is CCc1c(C(=O)OC)ccc(C2CCC2)c1C1CCC1. The van der Waals surface area contributed by atoms with E-state index in [-0.39, 0.29) is 5.97 Å². The van der Waals surface area contributed by atoms with Gasteiger partial charge < -0.3 is 4.74 Å². The van der Waals surface area contributed by atoms with Crippen LogP contribution in [0.4, 0.5) is 0 Å². The molecule has 20 heavy (non-hydrogen) atoms. The molecule has 108 valence electrons. The Morgan fingerprint density at radius 2 is 1.80 bits per heavy atom. The number of carbonyl (C=O) groups is 1. The van der Waals surface area contributed by atoms with Gasteiger partial charge in [0.25, 0.3) is 0 Å². The third-order valence-corrected chi connectivity index (χ3v) is 5.21. The van der Waals surface area contributed by atoms with E-state index in [1.165, 1.54) is 62.3 Å². The maximum absolute atomic E-state index is 12.0. The van der Waals surface area contributed by atoms with E-state index in [2.05, 4.69) is 13.0 Å². The quantitative estimate of drug-likeness (QED) is 0.750. The lowest BCUT2D eigenvalue weighted by atomic mass is 9.69. The van der Waals surface area contributed by atoms with Crippen molar-refractivity contribution in [3.63, 3.8) is 0 Å². The third-order valence-electron chi connectivity index (χ3n) is 5.21. The van der Waals surface area contributed by atoms with E-state index >= 15 is 0 Å². The van der Waals surface area contributed by atoms with Crippen LogP contribution in [0.5, 0.6) is 0 Å². The van der Waals surface area contributed by atoms with Crippen LogP contribution in [0.3, 0.4) is 0 Å². The maximum Gasteiger partial charge on any atom is 0.338 e. The Kier molecular flexibility index (Phi) is 3.82. The van der Waals surface area contributed by atoms with Crippen molar-refractivity contribution < 1.29 is 9.53 Å². The molecule has 2 nitrogen and oxygen atoms in total. The van der Waals surface area contributed by atoms with Gasteiger partial charge in [-0.25, -0.2) is 4.79 Å². The molecule has 2 aliphatic carbocycles. The second-order valence-corrected chi connectivity index (χ2v) is 6.20. The fraction of sp³-hybridized carbons (Fsp3) is 0.611. The zero-order valence-corrected chi connectivity index (χ0v) is 12.6. The predicted molar refractivity (Wildman–Crippen MR) is 80.3 cm³/mol. The normalized spacial score (nSPS) is 19.3. The molecule has 2 aliphatic rings. The van der Waals surface area contributed by atoms with Crippen LogP contribution in [0.25, 0.3) is 0 Å². The van der Waals surface area contributed by atoms with E-state index in [4.69, 9.17) is 4.74 Å². The maximum atomic E-state index is 12.0. The molecule has 0 unspecified atom stereocenters. The summed E-state index contributed by atoms with van der Waals surface area (Å²) in [5, 5.41) is 0. The van der Waals surface area contributed by atoms with E-state index in [9.17, 15) is 4.79 Å². The zero-order chi connectivity index (χ0) is 14.1. The lowest BCUT2D eigenvalue weighted by Crippen LogP contribution is -2.21. The predicted octanol–water partition coefficient (Wildman–Crippen LogP) is 4.57. The van der Waals surface area contributed by atoms with E-state index in [0.717, 1.165) is 17.9 Å². The van der Waals surface area contributed by atoms with Gasteiger partial charge in [0, 0.05) is 0 Å². The van der Waals surface area contributed by atoms with Crippen LogP contribution in [-0.2, 0) is 11.2 Å². The third kappa shape index (κ3) is 2.15. The molecular weight excluding hydrogens is 248 g/mol. The van der Waals surface area contributed by atoms with Gasteiger partial charge in [0.05, 0.1) is 12.7 Å². The highest BCUT2D eigenvalue weighted by Gasteiger charge is 2.31. The number of benzene rings is 1. The molecule has 1 aromatic carbocycles. The monoisotopic (exact) mass is 272 g/mol. The molecule has 0 N–H and O–H groups in total. The highest BCUT2D eigenvalue weighted by Crippen LogP contribution is 2.47. The minimum Gasteiger partial charge on any atom is -0.465 e. The van der Waals surface area contributed by atoms with Gasteiger partial charge in [-0.3, -0.25) is 0 Å². The number of hydrogen-bond acceptors (Lipinski definition) is 2. The molecule has 2 saturated carbocycles. The Balaban J connectivity index is 2.09. The molecule has 1 aromatic rings. The summed E-state index contributed by atoms with van der Waals surface area (Å²) < 4.78 is 4.97. The van der Waals surface area contributed by atoms with Gasteiger partial charge in [0.2, 0.25) is 0 Å². The van der Waals surface area contributed by atoms with Crippen LogP contribution in [-0.4, -0.2) is 13.1 Å². The smallest absolute Gasteiger partial charge is 0.338 e. The van der Waals surface area contributed by atoms with E-state index < -0.39 is 0 Å². The van der Waals surface area contributed by atoms with Gasteiger partial charge in [-0.2, -0.15) is 0 Å². The van der Waals surface area contributed by atoms with Gasteiger partial charge in [0.1, 0.15) is 0 Å². The lowest BCUT2D eigenvalue weighted by Gasteiger charge is -2.36. The van der Waals surface area contributed by atoms with Gasteiger partial charge in [0.15, 0.2) is 0 Å². The summed E-state index contributed by atoms with van der Waals surface area (Å²) in [5.74, 6) is 1.25. The number of rotatable bonds is 4. The van der Waals surface area contributed by atoms with Crippen molar-refractivity contribution in [1.29, 1.82) is 0 Å². The van der Waals surface area contributed by atoms with E-state index in [1.54, 1.807) is 0 Å². The first kappa shape index (κ1) is 13.7. The number of carbonyl (C=O) groups excluding carboxylic acids is 1. The molecule has 0 bridgehead atoms. The first-order chi connectivity index (χ1) is 9.76. The Bertz CT molecular complexity index is 510. The fourth-order valence-electron chi connectivity index (χ4n) is 3.62. The molecule has 0 atom stereocenters. The molecule has 0 spiro atoms. The molecule has 0 saturated heterocycles. The lowest BCUT2D eigenvalue weighted by molar-refractivity contribution is 0.0599. The summed E-state index contributed by atoms with van der Waals surface area (Å²) in [5.41, 5.74) is 5.09. The average Bonchev–Trinajstić information content (AvgIpc) is 2.35. The topological polar surface area (TPSA) is 26.3 Å². The van der Waals surface area contributed by atoms with Gasteiger partial charge in [-0.15, -0.1) is 0 Å². The zero-order valence-electron chi connectivity index (χ0n) is 12.6. The molecule has 3 rings (SSSR count). The Morgan fingerprint density at radius 3 is 2.25 bits per heavy atom. The summed E-state index contributed by atoms with van der Waals surface area (Å²) in [6, 6.07) is 4.21. The molecule has 2 heteroatoms. The molecular formula is C18H24O2. The fourth-order valence-corrected chi connectivity index (χ4v) is 3.62. The number of ether oxygens (including phenoxy) is 1. The van der Waals surface area contributed by atoms with Gasteiger partial charge >= 0.3 is 5.97 Å². The van der Waals surface area contributed by atoms with Crippen molar-refractivity contribution in [2.75, 3.05) is 7.11 Å². The highest BCUT2D eigenvalue weighted by molar-refractivity contribution is 5.91. The Morgan fingerprint density at radius 1 is 1.15 bits per heavy atom. The average molecular weight is 272 g/mol. The van der Waals surface area contributed by atoms with Crippen molar-refractivity contribution in [1.82, 2.24) is 0 Å².